The number of phenolic OH excluding ortho intramolecular Hbond substituents is 1. The quantitative estimate of drug-likeness (QED) is 0.183. The van der Waals surface area contributed by atoms with Gasteiger partial charge in [-0.15, -0.1) is 0 Å². The molecule has 1 aromatic carbocycles. The minimum Gasteiger partial charge on any atom is -0.507 e. The third-order valence-electron chi connectivity index (χ3n) is 17.2. The van der Waals surface area contributed by atoms with Gasteiger partial charge in [-0.2, -0.15) is 0 Å². The second kappa shape index (κ2) is 22.0. The third kappa shape index (κ3) is 10.1. The van der Waals surface area contributed by atoms with Crippen molar-refractivity contribution in [2.45, 2.75) is 124 Å². The lowest BCUT2D eigenvalue weighted by Gasteiger charge is -2.40. The van der Waals surface area contributed by atoms with Gasteiger partial charge < -0.3 is 54.5 Å². The number of nitrogens with one attached hydrogen (secondary N) is 1. The number of aliphatic hydroxyl groups excluding tert-OH is 2. The molecule has 7 aliphatic rings. The molecule has 80 heavy (non-hydrogen) atoms. The number of carbonyl (C=O) groups excluding carboxylic acids is 5. The van der Waals surface area contributed by atoms with Crippen molar-refractivity contribution in [3.63, 3.8) is 0 Å². The molecule has 20 nitrogen and oxygen atoms in total. The van der Waals surface area contributed by atoms with Crippen LogP contribution in [0.2, 0.25) is 0 Å². The van der Waals surface area contributed by atoms with E-state index < -0.39 is 129 Å². The summed E-state index contributed by atoms with van der Waals surface area (Å²) in [5.74, 6) is -11.7. The fraction of sp³-hybridized carbons (Fsp3) is 0.508. The molecular weight excluding hydrogens is 1040 g/mol. The van der Waals surface area contributed by atoms with Crippen molar-refractivity contribution in [2.75, 3.05) is 51.3 Å². The van der Waals surface area contributed by atoms with Gasteiger partial charge in [0.25, 0.3) is 17.2 Å². The van der Waals surface area contributed by atoms with E-state index in [9.17, 15) is 44.4 Å². The minimum atomic E-state index is -2.16. The fourth-order valence-corrected chi connectivity index (χ4v) is 12.4. The van der Waals surface area contributed by atoms with Gasteiger partial charge in [-0.1, -0.05) is 45.9 Å². The maximum absolute atomic E-state index is 16.2. The smallest absolute Gasteiger partial charge is 0.341 e. The number of likely N-dealkylation sites (tertiary alicyclic amines) is 1. The number of halogens is 1. The number of amides is 1. The van der Waals surface area contributed by atoms with Gasteiger partial charge in [-0.05, 0) is 69.2 Å². The number of ether oxygens (including phenoxy) is 4. The summed E-state index contributed by atoms with van der Waals surface area (Å²) in [6, 6.07) is 1.21. The number of pyridine rings is 2. The number of phenols is 1. The van der Waals surface area contributed by atoms with Crippen LogP contribution in [0.3, 0.4) is 0 Å². The molecule has 5 bridgehead atoms. The number of benzene rings is 1. The van der Waals surface area contributed by atoms with Crippen LogP contribution in [0.15, 0.2) is 64.6 Å². The molecule has 7 heterocycles. The Balaban J connectivity index is 1.05. The van der Waals surface area contributed by atoms with Gasteiger partial charge >= 0.3 is 17.7 Å². The molecule has 2 aromatic heterocycles. The molecule has 5 aliphatic heterocycles. The highest BCUT2D eigenvalue weighted by Gasteiger charge is 2.54. The predicted octanol–water partition coefficient (Wildman–Crippen LogP) is 5.49. The number of methoxy groups -OCH3 is 1. The number of fused-ring (bicyclic) bond motifs is 15. The van der Waals surface area contributed by atoms with Crippen LogP contribution in [-0.2, 0) is 23.8 Å². The molecule has 2 saturated heterocycles. The molecule has 2 aliphatic carbocycles. The largest absolute Gasteiger partial charge is 0.507 e. The van der Waals surface area contributed by atoms with E-state index in [1.807, 2.05) is 4.90 Å². The van der Waals surface area contributed by atoms with Crippen molar-refractivity contribution in [3.05, 3.63) is 115 Å². The number of piperazine rings is 1. The summed E-state index contributed by atoms with van der Waals surface area (Å²) < 4.78 is 41.2. The number of aliphatic hydroxyl groups is 2. The van der Waals surface area contributed by atoms with Gasteiger partial charge in [0.15, 0.2) is 5.82 Å². The van der Waals surface area contributed by atoms with Crippen LogP contribution in [0.25, 0.3) is 5.52 Å². The first-order valence-electron chi connectivity index (χ1n) is 27.2. The number of Topliss-reactive ketones (excluding diaryl/α,β-unsaturated/α-hetero) is 3. The van der Waals surface area contributed by atoms with E-state index in [0.717, 1.165) is 29.7 Å². The Kier molecular flexibility index (Phi) is 15.8. The molecule has 0 spiro atoms. The highest BCUT2D eigenvalue weighted by atomic mass is 19.1. The first kappa shape index (κ1) is 57.5. The van der Waals surface area contributed by atoms with Gasteiger partial charge in [0.2, 0.25) is 11.6 Å². The van der Waals surface area contributed by atoms with Crippen molar-refractivity contribution < 1.29 is 72.5 Å². The fourth-order valence-electron chi connectivity index (χ4n) is 12.4. The van der Waals surface area contributed by atoms with E-state index in [1.54, 1.807) is 51.7 Å². The Bertz CT molecular complexity index is 3300. The molecule has 1 amide bonds. The summed E-state index contributed by atoms with van der Waals surface area (Å²) in [5.41, 5.74) is -0.985. The topological polar surface area (TPSA) is 263 Å². The van der Waals surface area contributed by atoms with Gasteiger partial charge in [-0.25, -0.2) is 9.18 Å². The monoisotopic (exact) mass is 1110 g/mol. The number of aromatic carboxylic acids is 1. The molecule has 10 atom stereocenters. The lowest BCUT2D eigenvalue weighted by molar-refractivity contribution is -0.160. The summed E-state index contributed by atoms with van der Waals surface area (Å²) in [4.78, 5) is 103. The zero-order valence-electron chi connectivity index (χ0n) is 46.6. The van der Waals surface area contributed by atoms with Crippen LogP contribution in [0, 0.1) is 43.3 Å². The van der Waals surface area contributed by atoms with E-state index in [0.29, 0.717) is 54.9 Å². The van der Waals surface area contributed by atoms with E-state index in [-0.39, 0.29) is 53.2 Å². The average molecular weight is 1110 g/mol. The normalized spacial score (nSPS) is 29.0. The number of hydrogen-bond acceptors (Lipinski definition) is 17. The first-order valence-corrected chi connectivity index (χ1v) is 27.2. The zero-order valence-corrected chi connectivity index (χ0v) is 46.6. The second-order valence-electron chi connectivity index (χ2n) is 22.5. The maximum atomic E-state index is 16.2. The number of ketones is 3. The van der Waals surface area contributed by atoms with Crippen molar-refractivity contribution in [1.82, 2.24) is 19.5 Å². The minimum absolute atomic E-state index is 0.0418. The Morgan fingerprint density at radius 1 is 0.850 bits per heavy atom. The molecule has 3 aromatic rings. The number of esters is 1. The van der Waals surface area contributed by atoms with Crippen molar-refractivity contribution in [3.8, 4) is 11.5 Å². The molecule has 10 rings (SSSR count). The number of nitrogens with zero attached hydrogens (tertiary/aromatic N) is 4. The predicted molar refractivity (Wildman–Crippen MR) is 289 cm³/mol. The molecule has 3 fully saturated rings. The summed E-state index contributed by atoms with van der Waals surface area (Å²) >= 11 is 0. The van der Waals surface area contributed by atoms with Crippen molar-refractivity contribution in [2.24, 2.45) is 23.7 Å². The molecular formula is C59H70FN5O15. The van der Waals surface area contributed by atoms with Crippen LogP contribution < -0.4 is 20.5 Å². The number of anilines is 1. The Labute approximate surface area is 462 Å². The molecule has 1 unspecified atom stereocenters. The van der Waals surface area contributed by atoms with Gasteiger partial charge in [0, 0.05) is 101 Å². The van der Waals surface area contributed by atoms with Gasteiger partial charge in [-0.3, -0.25) is 38.1 Å². The van der Waals surface area contributed by atoms with Crippen LogP contribution >= 0.6 is 0 Å². The first-order chi connectivity index (χ1) is 37.8. The highest BCUT2D eigenvalue weighted by molar-refractivity contribution is 6.32. The summed E-state index contributed by atoms with van der Waals surface area (Å²) in [6.45, 7) is 16.1. The Morgan fingerprint density at radius 2 is 1.54 bits per heavy atom. The number of aryl methyl sites for hydroxylation is 1. The summed E-state index contributed by atoms with van der Waals surface area (Å²) in [5, 5.41) is 47.5. The standard InChI is InChI=1S/C59H70FN5O15/c1-27-12-11-13-28(2)56(73)61-44-47(64-18-16-36(25-64)62-19-21-63(22-20-62)46-30(4)45-37(35-14-15-35)24-38(58(75)76)57(74)65(45)26-39(46)60)52(71)41-42(51(44)70)50(69)33(7)54-43(41)55(72)59(9,80-54)78-23-17-40(77-10)29(3)53(79-34(8)66)32(6)49(68)31(5)48(27)67/h11-13,17,23-24,26-27,29,31-32,35-36,40,48-49,53,67-69H,14-16,18-22,25H2,1-10H3,(H,61,73)(H,75,76)/t27-,29+,31+,32+,36?,40-,48-,49+,53+,59-/m0/s1. The molecule has 1 saturated carbocycles. The van der Waals surface area contributed by atoms with Crippen LogP contribution in [0.5, 0.6) is 11.5 Å². The number of aromatic nitrogens is 1. The second-order valence-corrected chi connectivity index (χ2v) is 22.5. The number of rotatable bonds is 7. The number of allylic oxidation sites excluding steroid dienone is 4. The molecule has 0 radical (unpaired) electrons. The van der Waals surface area contributed by atoms with Crippen LogP contribution in [-0.4, -0.2) is 152 Å². The molecule has 5 N–H and O–H groups in total. The van der Waals surface area contributed by atoms with Crippen molar-refractivity contribution >= 4 is 46.4 Å². The number of carbonyl (C=O) groups is 6. The lowest BCUT2D eigenvalue weighted by atomic mass is 9.78. The van der Waals surface area contributed by atoms with E-state index in [1.165, 1.54) is 53.0 Å². The maximum Gasteiger partial charge on any atom is 0.341 e. The highest BCUT2D eigenvalue weighted by Crippen LogP contribution is 2.50. The van der Waals surface area contributed by atoms with E-state index in [4.69, 9.17) is 18.9 Å². The number of hydrogen-bond donors (Lipinski definition) is 5. The number of aromatic hydroxyl groups is 1. The van der Waals surface area contributed by atoms with Gasteiger partial charge in [0.1, 0.15) is 34.6 Å². The molecule has 21 heteroatoms. The van der Waals surface area contributed by atoms with Gasteiger partial charge in [0.05, 0.1) is 58.7 Å². The Hall–Kier alpha value is -7.20. The summed E-state index contributed by atoms with van der Waals surface area (Å²) in [6.07, 6.45) is 6.39. The Morgan fingerprint density at radius 3 is 2.17 bits per heavy atom. The average Bonchev–Trinajstić information content (AvgIpc) is 4.18. The summed E-state index contributed by atoms with van der Waals surface area (Å²) in [7, 11) is 1.41. The third-order valence-corrected chi connectivity index (χ3v) is 17.2. The van der Waals surface area contributed by atoms with Crippen molar-refractivity contribution in [1.29, 1.82) is 0 Å². The zero-order chi connectivity index (χ0) is 58.1. The van der Waals surface area contributed by atoms with Crippen LogP contribution in [0.4, 0.5) is 10.1 Å². The van der Waals surface area contributed by atoms with E-state index in [2.05, 4.69) is 10.2 Å². The van der Waals surface area contributed by atoms with Crippen LogP contribution in [0.1, 0.15) is 132 Å². The van der Waals surface area contributed by atoms with E-state index >= 15 is 14.0 Å². The number of carboxylic acid groups (broad SMARTS) is 1. The molecule has 428 valence electrons. The number of carboxylic acids is 1. The lowest BCUT2D eigenvalue weighted by Crippen LogP contribution is -2.51. The SMILES string of the molecule is CO[C@H]1C=CO[C@@]2(C)Oc3c(C)c(O)c4c(c3C2=O)C(=O)C(N2CCC(N3CCN(c5c(F)cn6c(=O)c(C(=O)O)cc(C7CC7)c6c5C)CC3)C2)=C(NC(=O)C(C)=CC=C[C@H](C)[C@H](O)[C@@H](C)[C@@H](O)[C@@H](C)[C@H](OC(C)=O)[C@@H]1C)C4=O.